The van der Waals surface area contributed by atoms with E-state index in [1.807, 2.05) is 60.7 Å². The molecule has 10 heteroatoms. The Labute approximate surface area is 260 Å². The molecule has 1 heterocycles. The summed E-state index contributed by atoms with van der Waals surface area (Å²) in [7, 11) is -3.88. The van der Waals surface area contributed by atoms with Crippen LogP contribution in [0.2, 0.25) is 0 Å². The molecule has 3 aromatic carbocycles. The Bertz CT molecular complexity index is 1510. The van der Waals surface area contributed by atoms with Crippen LogP contribution in [0, 0.1) is 0 Å². The number of fused-ring (bicyclic) bond motifs is 1. The molecule has 2 aliphatic rings. The molecule has 0 saturated heterocycles. The molecule has 9 nitrogen and oxygen atoms in total. The molecule has 0 spiro atoms. The van der Waals surface area contributed by atoms with E-state index in [9.17, 15) is 18.0 Å². The number of hydrogen-bond donors (Lipinski definition) is 1. The van der Waals surface area contributed by atoms with Crippen molar-refractivity contribution >= 4 is 27.5 Å². The Morgan fingerprint density at radius 2 is 1.50 bits per heavy atom. The summed E-state index contributed by atoms with van der Waals surface area (Å²) < 4.78 is 39.3. The van der Waals surface area contributed by atoms with Gasteiger partial charge in [-0.3, -0.25) is 13.9 Å². The highest BCUT2D eigenvalue weighted by Gasteiger charge is 2.35. The first kappa shape index (κ1) is 31.4. The molecular formula is C34H41N3O6S. The van der Waals surface area contributed by atoms with Crippen LogP contribution in [-0.2, 0) is 32.6 Å². The molecule has 0 aromatic heterocycles. The molecule has 0 unspecified atom stereocenters. The molecule has 1 fully saturated rings. The smallest absolute Gasteiger partial charge is 0.244 e. The van der Waals surface area contributed by atoms with Gasteiger partial charge < -0.3 is 19.7 Å². The summed E-state index contributed by atoms with van der Waals surface area (Å²) in [5.74, 6) is 0.0404. The third kappa shape index (κ3) is 7.91. The fourth-order valence-electron chi connectivity index (χ4n) is 5.79. The zero-order chi connectivity index (χ0) is 30.9. The first-order valence-corrected chi connectivity index (χ1v) is 17.0. The highest BCUT2D eigenvalue weighted by molar-refractivity contribution is 7.92. The first-order chi connectivity index (χ1) is 21.3. The third-order valence-electron chi connectivity index (χ3n) is 8.21. The number of nitrogens with zero attached hydrogens (tertiary/aromatic N) is 2. The number of hydrogen-bond acceptors (Lipinski definition) is 6. The minimum atomic E-state index is -3.88. The Balaban J connectivity index is 1.50. The summed E-state index contributed by atoms with van der Waals surface area (Å²) in [6.07, 6.45) is 5.37. The van der Waals surface area contributed by atoms with Crippen LogP contribution in [0.4, 0.5) is 5.69 Å². The number of nitrogens with one attached hydrogen (secondary N) is 1. The quantitative estimate of drug-likeness (QED) is 0.315. The lowest BCUT2D eigenvalue weighted by Gasteiger charge is -2.35. The Hall–Kier alpha value is -4.05. The molecule has 1 atom stereocenters. The van der Waals surface area contributed by atoms with Crippen molar-refractivity contribution in [2.24, 2.45) is 0 Å². The van der Waals surface area contributed by atoms with Crippen LogP contribution in [0.1, 0.15) is 50.2 Å². The average Bonchev–Trinajstić information content (AvgIpc) is 3.06. The van der Waals surface area contributed by atoms with E-state index >= 15 is 0 Å². The Kier molecular flexibility index (Phi) is 10.4. The van der Waals surface area contributed by atoms with E-state index in [2.05, 4.69) is 5.32 Å². The molecule has 234 valence electrons. The highest BCUT2D eigenvalue weighted by atomic mass is 32.2. The summed E-state index contributed by atoms with van der Waals surface area (Å²) in [5, 5.41) is 3.23. The van der Waals surface area contributed by atoms with Gasteiger partial charge in [0.05, 0.1) is 11.4 Å². The van der Waals surface area contributed by atoms with Crippen LogP contribution in [0.3, 0.4) is 0 Å². The van der Waals surface area contributed by atoms with Crippen LogP contribution in [0.5, 0.6) is 11.5 Å². The van der Waals surface area contributed by atoms with E-state index in [0.29, 0.717) is 36.8 Å². The van der Waals surface area contributed by atoms with Gasteiger partial charge in [-0.05, 0) is 43.0 Å². The summed E-state index contributed by atoms with van der Waals surface area (Å²) in [6.45, 7) is 1.98. The third-order valence-corrected chi connectivity index (χ3v) is 9.95. The average molecular weight is 620 g/mol. The number of anilines is 1. The lowest BCUT2D eigenvalue weighted by Crippen LogP contribution is -2.55. The number of rotatable bonds is 12. The van der Waals surface area contributed by atoms with Crippen LogP contribution in [0.25, 0.3) is 0 Å². The highest BCUT2D eigenvalue weighted by Crippen LogP contribution is 2.35. The molecule has 1 N–H and O–H groups in total. The topological polar surface area (TPSA) is 105 Å². The molecule has 1 aliphatic carbocycles. The molecule has 5 rings (SSSR count). The maximum Gasteiger partial charge on any atom is 0.244 e. The van der Waals surface area contributed by atoms with E-state index in [0.717, 1.165) is 47.5 Å². The monoisotopic (exact) mass is 619 g/mol. The predicted molar refractivity (Wildman–Crippen MR) is 170 cm³/mol. The maximum absolute atomic E-state index is 14.4. The van der Waals surface area contributed by atoms with Crippen LogP contribution in [-0.4, -0.2) is 62.7 Å². The van der Waals surface area contributed by atoms with Crippen molar-refractivity contribution in [2.45, 2.75) is 64.1 Å². The minimum Gasteiger partial charge on any atom is -0.486 e. The van der Waals surface area contributed by atoms with Crippen molar-refractivity contribution in [3.63, 3.8) is 0 Å². The number of benzene rings is 3. The van der Waals surface area contributed by atoms with Crippen LogP contribution in [0.15, 0.2) is 78.9 Å². The number of carbonyl (C=O) groups excluding carboxylic acids is 2. The van der Waals surface area contributed by atoms with Gasteiger partial charge in [0, 0.05) is 25.1 Å². The predicted octanol–water partition coefficient (Wildman–Crippen LogP) is 4.70. The second kappa shape index (κ2) is 14.6. The number of ether oxygens (including phenoxy) is 2. The van der Waals surface area contributed by atoms with E-state index in [4.69, 9.17) is 9.47 Å². The van der Waals surface area contributed by atoms with Gasteiger partial charge in [0.2, 0.25) is 21.8 Å². The van der Waals surface area contributed by atoms with E-state index in [1.54, 1.807) is 25.1 Å². The van der Waals surface area contributed by atoms with Crippen LogP contribution < -0.4 is 19.1 Å². The van der Waals surface area contributed by atoms with Crippen molar-refractivity contribution in [2.75, 3.05) is 29.8 Å². The molecule has 0 bridgehead atoms. The minimum absolute atomic E-state index is 0.0536. The van der Waals surface area contributed by atoms with Gasteiger partial charge in [-0.25, -0.2) is 8.42 Å². The van der Waals surface area contributed by atoms with Gasteiger partial charge in [0.15, 0.2) is 11.5 Å². The fourth-order valence-corrected chi connectivity index (χ4v) is 6.84. The summed E-state index contributed by atoms with van der Waals surface area (Å²) >= 11 is 0. The van der Waals surface area contributed by atoms with Crippen LogP contribution >= 0.6 is 0 Å². The lowest BCUT2D eigenvalue weighted by atomic mass is 9.94. The molecule has 44 heavy (non-hydrogen) atoms. The van der Waals surface area contributed by atoms with Gasteiger partial charge in [0.1, 0.15) is 25.8 Å². The van der Waals surface area contributed by atoms with Gasteiger partial charge >= 0.3 is 0 Å². The first-order valence-electron chi connectivity index (χ1n) is 15.4. The second-order valence-electron chi connectivity index (χ2n) is 11.3. The zero-order valence-corrected chi connectivity index (χ0v) is 26.0. The molecule has 3 aromatic rings. The molecule has 0 radical (unpaired) electrons. The van der Waals surface area contributed by atoms with Gasteiger partial charge in [-0.15, -0.1) is 0 Å². The van der Waals surface area contributed by atoms with Crippen molar-refractivity contribution in [3.05, 3.63) is 90.0 Å². The summed E-state index contributed by atoms with van der Waals surface area (Å²) in [4.78, 5) is 30.0. The fraction of sp³-hybridized carbons (Fsp3) is 0.412. The van der Waals surface area contributed by atoms with Gasteiger partial charge in [0.25, 0.3) is 0 Å². The van der Waals surface area contributed by atoms with E-state index in [1.165, 1.54) is 4.90 Å². The summed E-state index contributed by atoms with van der Waals surface area (Å²) in [5.41, 5.74) is 2.05. The summed E-state index contributed by atoms with van der Waals surface area (Å²) in [6, 6.07) is 23.1. The number of sulfonamides is 1. The standard InChI is InChI=1S/C34H41N3O6S/c1-2-44(40,41)37(29-18-19-31-32(23-29)43-21-20-42-31)25-33(38)36(24-27-14-8-4-9-15-27)30(22-26-12-6-3-7-13-26)34(39)35-28-16-10-5-11-17-28/h3-4,6-9,12-15,18-19,23,28,30H,2,5,10-11,16-17,20-22,24-25H2,1H3,(H,35,39)/t30-/m0/s1. The lowest BCUT2D eigenvalue weighted by molar-refractivity contribution is -0.140. The van der Waals surface area contributed by atoms with Crippen molar-refractivity contribution in [1.82, 2.24) is 10.2 Å². The second-order valence-corrected chi connectivity index (χ2v) is 13.5. The number of amides is 2. The molecular weight excluding hydrogens is 578 g/mol. The Morgan fingerprint density at radius 1 is 0.864 bits per heavy atom. The van der Waals surface area contributed by atoms with Crippen molar-refractivity contribution < 1.29 is 27.5 Å². The SMILES string of the molecule is CCS(=O)(=O)N(CC(=O)N(Cc1ccccc1)[C@@H](Cc1ccccc1)C(=O)NC1CCCCC1)c1ccc2c(c1)OCCO2. The number of carbonyl (C=O) groups is 2. The normalized spacial score (nSPS) is 15.7. The van der Waals surface area contributed by atoms with E-state index < -0.39 is 28.5 Å². The van der Waals surface area contributed by atoms with Gasteiger partial charge in [-0.2, -0.15) is 0 Å². The van der Waals surface area contributed by atoms with Crippen molar-refractivity contribution in [1.29, 1.82) is 0 Å². The molecule has 2 amide bonds. The molecule has 1 aliphatic heterocycles. The van der Waals surface area contributed by atoms with E-state index in [-0.39, 0.29) is 24.2 Å². The zero-order valence-electron chi connectivity index (χ0n) is 25.2. The maximum atomic E-state index is 14.4. The van der Waals surface area contributed by atoms with Gasteiger partial charge in [-0.1, -0.05) is 79.9 Å². The Morgan fingerprint density at radius 3 is 2.16 bits per heavy atom. The largest absolute Gasteiger partial charge is 0.486 e. The van der Waals surface area contributed by atoms with Crippen molar-refractivity contribution in [3.8, 4) is 11.5 Å². The molecule has 1 saturated carbocycles.